The molecule has 0 aromatic carbocycles. The van der Waals surface area contributed by atoms with Crippen LogP contribution in [0.5, 0.6) is 0 Å². The molecule has 0 N–H and O–H groups in total. The van der Waals surface area contributed by atoms with Gasteiger partial charge in [0.15, 0.2) is 6.10 Å². The highest BCUT2D eigenvalue weighted by atomic mass is 16.6. The topological polar surface area (TPSA) is 78.9 Å². The molecule has 0 fully saturated rings. The van der Waals surface area contributed by atoms with Crippen molar-refractivity contribution in [1.29, 1.82) is 0 Å². The summed E-state index contributed by atoms with van der Waals surface area (Å²) in [5.74, 6) is 0.829. The molecule has 1 atom stereocenters. The number of carbonyl (C=O) groups is 3. The van der Waals surface area contributed by atoms with E-state index in [1.54, 1.807) is 0 Å². The molecule has 6 nitrogen and oxygen atoms in total. The predicted molar refractivity (Wildman–Crippen MR) is 261 cm³/mol. The molecule has 362 valence electrons. The Kier molecular flexibility index (Phi) is 46.6. The lowest BCUT2D eigenvalue weighted by Crippen LogP contribution is -2.30. The highest BCUT2D eigenvalue weighted by Gasteiger charge is 2.19. The van der Waals surface area contributed by atoms with Gasteiger partial charge in [0.2, 0.25) is 0 Å². The van der Waals surface area contributed by atoms with Gasteiger partial charge in [-0.1, -0.05) is 266 Å². The Balaban J connectivity index is 4.20. The number of ether oxygens (including phenoxy) is 3. The molecule has 0 unspecified atom stereocenters. The van der Waals surface area contributed by atoms with Gasteiger partial charge in [-0.25, -0.2) is 0 Å². The average molecular weight is 863 g/mol. The second kappa shape index (κ2) is 47.9. The van der Waals surface area contributed by atoms with Crippen LogP contribution in [-0.4, -0.2) is 37.2 Å². The van der Waals surface area contributed by atoms with Crippen LogP contribution in [0.3, 0.4) is 0 Å². The first-order valence-electron chi connectivity index (χ1n) is 27.2. The summed E-state index contributed by atoms with van der Waals surface area (Å²) < 4.78 is 16.8. The lowest BCUT2D eigenvalue weighted by atomic mass is 10.0. The zero-order valence-electron chi connectivity index (χ0n) is 41.8. The Hall–Kier alpha value is -1.59. The molecule has 0 aliphatic rings. The number of unbranched alkanes of at least 4 members (excludes halogenated alkanes) is 34. The van der Waals surface area contributed by atoms with Gasteiger partial charge < -0.3 is 14.2 Å². The van der Waals surface area contributed by atoms with E-state index in [-0.39, 0.29) is 31.1 Å². The number of esters is 3. The monoisotopic (exact) mass is 863 g/mol. The first-order valence-corrected chi connectivity index (χ1v) is 27.2. The summed E-state index contributed by atoms with van der Waals surface area (Å²) in [7, 11) is 0. The lowest BCUT2D eigenvalue weighted by Gasteiger charge is -2.18. The van der Waals surface area contributed by atoms with Crippen molar-refractivity contribution in [2.24, 2.45) is 11.8 Å². The minimum atomic E-state index is -0.761. The van der Waals surface area contributed by atoms with E-state index in [9.17, 15) is 14.4 Å². The summed E-state index contributed by atoms with van der Waals surface area (Å²) in [6.45, 7) is 11.4. The van der Waals surface area contributed by atoms with Gasteiger partial charge in [0, 0.05) is 19.3 Å². The summed E-state index contributed by atoms with van der Waals surface area (Å²) in [4.78, 5) is 37.9. The van der Waals surface area contributed by atoms with Crippen molar-refractivity contribution in [2.75, 3.05) is 13.2 Å². The molecule has 0 radical (unpaired) electrons. The van der Waals surface area contributed by atoms with Crippen molar-refractivity contribution < 1.29 is 28.6 Å². The van der Waals surface area contributed by atoms with Gasteiger partial charge in [0.25, 0.3) is 0 Å². The third kappa shape index (κ3) is 49.3. The van der Waals surface area contributed by atoms with Gasteiger partial charge in [-0.2, -0.15) is 0 Å². The maximum atomic E-state index is 12.8. The lowest BCUT2D eigenvalue weighted by molar-refractivity contribution is -0.167. The molecule has 61 heavy (non-hydrogen) atoms. The fourth-order valence-corrected chi connectivity index (χ4v) is 8.34. The summed E-state index contributed by atoms with van der Waals surface area (Å²) >= 11 is 0. The first-order chi connectivity index (χ1) is 29.7. The molecule has 0 aromatic rings. The normalized spacial score (nSPS) is 12.0. The van der Waals surface area contributed by atoms with E-state index in [1.165, 1.54) is 193 Å². The van der Waals surface area contributed by atoms with Crippen LogP contribution in [0.2, 0.25) is 0 Å². The summed E-state index contributed by atoms with van der Waals surface area (Å²) in [5, 5.41) is 0. The SMILES string of the molecule is CCCCCCCCCCCC(=O)OC[C@@H](COC(=O)CCCCCCCCCCCCC(C)C)OC(=O)CCCCCCCCCCCCCCCCCCCCC(C)C. The molecule has 0 amide bonds. The number of rotatable bonds is 49. The van der Waals surface area contributed by atoms with E-state index in [1.807, 2.05) is 0 Å². The van der Waals surface area contributed by atoms with Gasteiger partial charge in [-0.3, -0.25) is 14.4 Å². The van der Waals surface area contributed by atoms with Crippen LogP contribution in [0.25, 0.3) is 0 Å². The van der Waals surface area contributed by atoms with Crippen molar-refractivity contribution in [1.82, 2.24) is 0 Å². The van der Waals surface area contributed by atoms with E-state index in [2.05, 4.69) is 34.6 Å². The van der Waals surface area contributed by atoms with Gasteiger partial charge in [0.1, 0.15) is 13.2 Å². The number of carbonyl (C=O) groups excluding carboxylic acids is 3. The fourth-order valence-electron chi connectivity index (χ4n) is 8.34. The van der Waals surface area contributed by atoms with Gasteiger partial charge in [-0.15, -0.1) is 0 Å². The largest absolute Gasteiger partial charge is 0.462 e. The Bertz CT molecular complexity index is 931. The van der Waals surface area contributed by atoms with Crippen molar-refractivity contribution in [3.8, 4) is 0 Å². The Labute approximate surface area is 380 Å². The van der Waals surface area contributed by atoms with Crippen molar-refractivity contribution in [3.63, 3.8) is 0 Å². The first kappa shape index (κ1) is 59.4. The molecule has 0 rings (SSSR count). The summed E-state index contributed by atoms with van der Waals surface area (Å²) in [6, 6.07) is 0. The van der Waals surface area contributed by atoms with Crippen LogP contribution >= 0.6 is 0 Å². The molecule has 0 bridgehead atoms. The second-order valence-corrected chi connectivity index (χ2v) is 19.8. The fraction of sp³-hybridized carbons (Fsp3) is 0.945. The molecule has 6 heteroatoms. The van der Waals surface area contributed by atoms with E-state index in [4.69, 9.17) is 14.2 Å². The Morgan fingerprint density at radius 3 is 0.803 bits per heavy atom. The Morgan fingerprint density at radius 2 is 0.541 bits per heavy atom. The number of hydrogen-bond donors (Lipinski definition) is 0. The highest BCUT2D eigenvalue weighted by Crippen LogP contribution is 2.18. The maximum Gasteiger partial charge on any atom is 0.306 e. The van der Waals surface area contributed by atoms with Crippen LogP contribution in [0, 0.1) is 11.8 Å². The Morgan fingerprint density at radius 1 is 0.311 bits per heavy atom. The molecule has 0 spiro atoms. The second-order valence-electron chi connectivity index (χ2n) is 19.8. The highest BCUT2D eigenvalue weighted by molar-refractivity contribution is 5.71. The predicted octanol–water partition coefficient (Wildman–Crippen LogP) is 17.7. The third-order valence-corrected chi connectivity index (χ3v) is 12.5. The summed E-state index contributed by atoms with van der Waals surface area (Å²) in [5.41, 5.74) is 0. The smallest absolute Gasteiger partial charge is 0.306 e. The molecule has 0 saturated heterocycles. The maximum absolute atomic E-state index is 12.8. The molecule has 0 aliphatic heterocycles. The van der Waals surface area contributed by atoms with Gasteiger partial charge in [0.05, 0.1) is 0 Å². The van der Waals surface area contributed by atoms with E-state index in [0.717, 1.165) is 69.6 Å². The molecular formula is C55H106O6. The van der Waals surface area contributed by atoms with Crippen LogP contribution < -0.4 is 0 Å². The van der Waals surface area contributed by atoms with Crippen LogP contribution in [-0.2, 0) is 28.6 Å². The molecule has 0 heterocycles. The van der Waals surface area contributed by atoms with Gasteiger partial charge in [-0.05, 0) is 31.1 Å². The molecule has 0 aliphatic carbocycles. The summed E-state index contributed by atoms with van der Waals surface area (Å²) in [6.07, 6.45) is 49.6. The van der Waals surface area contributed by atoms with Crippen LogP contribution in [0.4, 0.5) is 0 Å². The standard InChI is InChI=1S/C55H106O6/c1-6-7-8-9-10-23-30-35-40-45-53(56)59-48-52(49-60-54(57)46-41-36-31-26-22-21-25-29-34-39-44-51(4)5)61-55(58)47-42-37-32-27-20-18-16-14-12-11-13-15-17-19-24-28-33-38-43-50(2)3/h50-52H,6-49H2,1-5H3/t52-/m0/s1. The van der Waals surface area contributed by atoms with E-state index in [0.29, 0.717) is 19.3 Å². The minimum Gasteiger partial charge on any atom is -0.462 e. The molecular weight excluding hydrogens is 757 g/mol. The van der Waals surface area contributed by atoms with Crippen LogP contribution in [0.15, 0.2) is 0 Å². The van der Waals surface area contributed by atoms with E-state index < -0.39 is 6.10 Å². The third-order valence-electron chi connectivity index (χ3n) is 12.5. The van der Waals surface area contributed by atoms with Crippen molar-refractivity contribution >= 4 is 17.9 Å². The van der Waals surface area contributed by atoms with E-state index >= 15 is 0 Å². The minimum absolute atomic E-state index is 0.0637. The van der Waals surface area contributed by atoms with Gasteiger partial charge >= 0.3 is 17.9 Å². The quantitative estimate of drug-likeness (QED) is 0.0344. The molecule has 0 aromatic heterocycles. The zero-order valence-corrected chi connectivity index (χ0v) is 41.8. The number of hydrogen-bond acceptors (Lipinski definition) is 6. The average Bonchev–Trinajstić information content (AvgIpc) is 3.23. The van der Waals surface area contributed by atoms with Crippen LogP contribution in [0.1, 0.15) is 304 Å². The van der Waals surface area contributed by atoms with Crippen molar-refractivity contribution in [2.45, 2.75) is 310 Å². The molecule has 0 saturated carbocycles. The van der Waals surface area contributed by atoms with Crippen molar-refractivity contribution in [3.05, 3.63) is 0 Å². The zero-order chi connectivity index (χ0) is 44.7.